The molecule has 0 bridgehead atoms. The van der Waals surface area contributed by atoms with E-state index >= 15 is 0 Å². The third kappa shape index (κ3) is 4.48. The number of carbonyl (C=O) groups excluding carboxylic acids is 4. The van der Waals surface area contributed by atoms with Crippen molar-refractivity contribution in [3.63, 3.8) is 0 Å². The number of esters is 1. The van der Waals surface area contributed by atoms with Crippen LogP contribution >= 0.6 is 0 Å². The van der Waals surface area contributed by atoms with Crippen LogP contribution in [0.4, 0.5) is 4.79 Å². The van der Waals surface area contributed by atoms with Crippen molar-refractivity contribution >= 4 is 24.3 Å². The van der Waals surface area contributed by atoms with Gasteiger partial charge in [0.05, 0.1) is 11.6 Å². The van der Waals surface area contributed by atoms with E-state index in [0.717, 1.165) is 19.3 Å². The Morgan fingerprint density at radius 3 is 2.69 bits per heavy atom. The summed E-state index contributed by atoms with van der Waals surface area (Å²) >= 11 is 0. The molecule has 9 heteroatoms. The van der Waals surface area contributed by atoms with Crippen molar-refractivity contribution in [2.24, 2.45) is 5.41 Å². The molecule has 1 aromatic rings. The summed E-state index contributed by atoms with van der Waals surface area (Å²) in [5, 5.41) is 4.49. The first-order valence-corrected chi connectivity index (χ1v) is 10.9. The third-order valence-electron chi connectivity index (χ3n) is 6.06. The molecular formula is C23H31N3O6. The molecule has 0 aromatic heterocycles. The van der Waals surface area contributed by atoms with Crippen LogP contribution in [0.1, 0.15) is 74.1 Å². The van der Waals surface area contributed by atoms with Gasteiger partial charge >= 0.3 is 12.1 Å². The van der Waals surface area contributed by atoms with Gasteiger partial charge in [0.15, 0.2) is 11.9 Å². The van der Waals surface area contributed by atoms with Crippen LogP contribution in [0.15, 0.2) is 24.3 Å². The van der Waals surface area contributed by atoms with Crippen molar-refractivity contribution in [2.75, 3.05) is 6.61 Å². The van der Waals surface area contributed by atoms with Crippen molar-refractivity contribution in [1.82, 2.24) is 15.8 Å². The molecule has 0 aliphatic carbocycles. The van der Waals surface area contributed by atoms with Gasteiger partial charge in [0.1, 0.15) is 12.7 Å². The molecule has 174 valence electrons. The normalized spacial score (nSPS) is 28.1. The summed E-state index contributed by atoms with van der Waals surface area (Å²) in [6, 6.07) is 6.16. The number of carbonyl (C=O) groups is 4. The Morgan fingerprint density at radius 2 is 2.03 bits per heavy atom. The largest absolute Gasteiger partial charge is 0.458 e. The summed E-state index contributed by atoms with van der Waals surface area (Å²) in [4.78, 5) is 48.9. The van der Waals surface area contributed by atoms with Crippen molar-refractivity contribution in [2.45, 2.75) is 71.2 Å². The number of benzene rings is 1. The van der Waals surface area contributed by atoms with E-state index in [0.29, 0.717) is 12.7 Å². The Balaban J connectivity index is 1.98. The minimum Gasteiger partial charge on any atom is -0.458 e. The van der Waals surface area contributed by atoms with E-state index in [1.165, 1.54) is 6.92 Å². The molecule has 1 spiro atoms. The molecule has 2 aliphatic rings. The maximum atomic E-state index is 13.1. The quantitative estimate of drug-likeness (QED) is 0.274. The van der Waals surface area contributed by atoms with Gasteiger partial charge in [-0.15, -0.1) is 0 Å². The smallest absolute Gasteiger partial charge is 0.408 e. The van der Waals surface area contributed by atoms with E-state index in [9.17, 15) is 19.2 Å². The molecule has 4 atom stereocenters. The van der Waals surface area contributed by atoms with Gasteiger partial charge in [0.25, 0.3) is 5.91 Å². The minimum atomic E-state index is -1.15. The van der Waals surface area contributed by atoms with Crippen LogP contribution < -0.4 is 10.7 Å². The molecule has 2 saturated heterocycles. The van der Waals surface area contributed by atoms with Crippen LogP contribution in [0, 0.1) is 5.41 Å². The van der Waals surface area contributed by atoms with Gasteiger partial charge in [0.2, 0.25) is 0 Å². The number of ether oxygens (including phenoxy) is 2. The first-order chi connectivity index (χ1) is 15.2. The third-order valence-corrected chi connectivity index (χ3v) is 6.06. The number of alkyl carbamates (subject to hydrolysis) is 1. The molecule has 2 heterocycles. The molecular weight excluding hydrogens is 414 g/mol. The summed E-state index contributed by atoms with van der Waals surface area (Å²) in [6.45, 7) is 7.16. The van der Waals surface area contributed by atoms with Gasteiger partial charge in [-0.3, -0.25) is 25.1 Å². The van der Waals surface area contributed by atoms with Crippen LogP contribution in [0.3, 0.4) is 0 Å². The topological polar surface area (TPSA) is 114 Å². The zero-order valence-corrected chi connectivity index (χ0v) is 19.0. The maximum absolute atomic E-state index is 13.1. The molecule has 2 amide bonds. The summed E-state index contributed by atoms with van der Waals surface area (Å²) in [5.41, 5.74) is 1.46. The molecule has 3 rings (SSSR count). The highest BCUT2D eigenvalue weighted by atomic mass is 16.6. The highest BCUT2D eigenvalue weighted by molar-refractivity contribution is 6.01. The molecule has 0 saturated carbocycles. The Labute approximate surface area is 187 Å². The number of amides is 2. The number of nitrogens with one attached hydrogen (secondary N) is 2. The van der Waals surface area contributed by atoms with Crippen LogP contribution in [0.5, 0.6) is 0 Å². The lowest BCUT2D eigenvalue weighted by Crippen LogP contribution is -2.57. The summed E-state index contributed by atoms with van der Waals surface area (Å²) < 4.78 is 11.1. The van der Waals surface area contributed by atoms with Crippen LogP contribution in [0.25, 0.3) is 0 Å². The second-order valence-corrected chi connectivity index (χ2v) is 9.03. The van der Waals surface area contributed by atoms with E-state index in [-0.39, 0.29) is 23.8 Å². The average Bonchev–Trinajstić information content (AvgIpc) is 3.36. The van der Waals surface area contributed by atoms with E-state index in [2.05, 4.69) is 17.7 Å². The number of nitrogens with zero attached hydrogens (tertiary/aromatic N) is 1. The number of cyclic esters (lactones) is 1. The molecule has 2 aliphatic heterocycles. The molecule has 32 heavy (non-hydrogen) atoms. The van der Waals surface area contributed by atoms with Gasteiger partial charge in [-0.25, -0.2) is 4.79 Å². The number of hydrazine groups is 1. The van der Waals surface area contributed by atoms with Crippen LogP contribution in [0.2, 0.25) is 0 Å². The lowest BCUT2D eigenvalue weighted by molar-refractivity contribution is -0.158. The molecule has 1 aromatic carbocycles. The summed E-state index contributed by atoms with van der Waals surface area (Å²) in [7, 11) is 0. The van der Waals surface area contributed by atoms with Gasteiger partial charge in [0, 0.05) is 17.9 Å². The van der Waals surface area contributed by atoms with E-state index in [4.69, 9.17) is 9.47 Å². The predicted octanol–water partition coefficient (Wildman–Crippen LogP) is 2.80. The lowest BCUT2D eigenvalue weighted by atomic mass is 9.81. The number of hydrogen-bond donors (Lipinski definition) is 2. The van der Waals surface area contributed by atoms with Gasteiger partial charge < -0.3 is 9.47 Å². The lowest BCUT2D eigenvalue weighted by Gasteiger charge is -2.35. The second-order valence-electron chi connectivity index (χ2n) is 9.03. The maximum Gasteiger partial charge on any atom is 0.408 e. The highest BCUT2D eigenvalue weighted by Gasteiger charge is 2.74. The molecule has 2 unspecified atom stereocenters. The Bertz CT molecular complexity index is 901. The highest BCUT2D eigenvalue weighted by Crippen LogP contribution is 2.50. The molecule has 0 radical (unpaired) electrons. The van der Waals surface area contributed by atoms with E-state index in [1.54, 1.807) is 29.3 Å². The molecule has 9 nitrogen and oxygen atoms in total. The fourth-order valence-electron chi connectivity index (χ4n) is 4.50. The van der Waals surface area contributed by atoms with Gasteiger partial charge in [-0.2, -0.15) is 5.01 Å². The summed E-state index contributed by atoms with van der Waals surface area (Å²) in [6.07, 6.45) is 2.73. The number of aldehydes is 1. The Kier molecular flexibility index (Phi) is 6.88. The summed E-state index contributed by atoms with van der Waals surface area (Å²) in [5.74, 6) is -0.973. The molecule has 2 fully saturated rings. The zero-order valence-electron chi connectivity index (χ0n) is 19.0. The Hall–Kier alpha value is -2.94. The van der Waals surface area contributed by atoms with Crippen molar-refractivity contribution in [3.05, 3.63) is 35.4 Å². The average molecular weight is 446 g/mol. The monoisotopic (exact) mass is 445 g/mol. The van der Waals surface area contributed by atoms with E-state index < -0.39 is 35.2 Å². The fourth-order valence-corrected chi connectivity index (χ4v) is 4.50. The van der Waals surface area contributed by atoms with Gasteiger partial charge in [-0.1, -0.05) is 58.2 Å². The first kappa shape index (κ1) is 23.7. The van der Waals surface area contributed by atoms with Crippen molar-refractivity contribution < 1.29 is 28.7 Å². The number of rotatable bonds is 8. The fraction of sp³-hybridized carbons (Fsp3) is 0.565. The van der Waals surface area contributed by atoms with Crippen molar-refractivity contribution in [3.8, 4) is 0 Å². The standard InChI is InChI=1S/C23H31N3O6/c1-5-6-7-12-18-23(20(32-15(2)28)22(3,4)14-31-21(30)24-23)26(18)25-19(29)17-11-9-8-10-16(17)13-27/h8-11,13,18,20H,5-7,12,14H2,1-4H3,(H,24,30)(H,25,29)/t18?,20?,23-,26+/m0/s1. The SMILES string of the molecule is CCCCCC1[N@@](NC(=O)c2ccccc2C=O)[C@@]12NC(=O)OCC(C)(C)C2OC(C)=O. The van der Waals surface area contributed by atoms with Gasteiger partial charge in [-0.05, 0) is 12.5 Å². The zero-order chi connectivity index (χ0) is 23.5. The second kappa shape index (κ2) is 9.28. The van der Waals surface area contributed by atoms with Crippen LogP contribution in [-0.2, 0) is 14.3 Å². The predicted molar refractivity (Wildman–Crippen MR) is 116 cm³/mol. The van der Waals surface area contributed by atoms with Crippen LogP contribution in [-0.4, -0.2) is 53.7 Å². The first-order valence-electron chi connectivity index (χ1n) is 10.9. The van der Waals surface area contributed by atoms with Crippen molar-refractivity contribution in [1.29, 1.82) is 0 Å². The Morgan fingerprint density at radius 1 is 1.31 bits per heavy atom. The number of unbranched alkanes of at least 4 members (excludes halogenated alkanes) is 2. The number of hydrogen-bond acceptors (Lipinski definition) is 7. The van der Waals surface area contributed by atoms with E-state index in [1.807, 2.05) is 13.8 Å². The molecule has 2 N–H and O–H groups in total. The minimum absolute atomic E-state index is 0.0516.